The van der Waals surface area contributed by atoms with E-state index in [2.05, 4.69) is 15.3 Å². The third-order valence-electron chi connectivity index (χ3n) is 2.94. The number of ether oxygens (including phenoxy) is 2. The van der Waals surface area contributed by atoms with Gasteiger partial charge in [-0.1, -0.05) is 6.07 Å². The first-order chi connectivity index (χ1) is 9.83. The molecule has 2 rings (SSSR count). The number of nitrogens with one attached hydrogen (secondary N) is 1. The molecule has 1 heterocycles. The molecule has 0 spiro atoms. The zero-order valence-electron chi connectivity index (χ0n) is 11.8. The Kier molecular flexibility index (Phi) is 5.32. The highest BCUT2D eigenvalue weighted by Gasteiger charge is 2.04. The Balaban J connectivity index is 1.82. The van der Waals surface area contributed by atoms with Crippen molar-refractivity contribution in [3.05, 3.63) is 48.0 Å². The van der Waals surface area contributed by atoms with Gasteiger partial charge < -0.3 is 14.8 Å². The van der Waals surface area contributed by atoms with E-state index in [0.717, 1.165) is 30.3 Å². The number of aromatic nitrogens is 2. The zero-order chi connectivity index (χ0) is 14.2. The molecule has 0 amide bonds. The van der Waals surface area contributed by atoms with Crippen LogP contribution in [0.2, 0.25) is 0 Å². The standard InChI is InChI=1S/C15H19N3O2/c1-19-13-5-4-12(10-14(13)20-2)6-9-16-11-15-17-7-3-8-18-15/h3-5,7-8,10,16H,6,9,11H2,1-2H3. The van der Waals surface area contributed by atoms with Gasteiger partial charge in [0.05, 0.1) is 20.8 Å². The summed E-state index contributed by atoms with van der Waals surface area (Å²) in [4.78, 5) is 8.33. The van der Waals surface area contributed by atoms with Crippen LogP contribution in [-0.4, -0.2) is 30.7 Å². The highest BCUT2D eigenvalue weighted by molar-refractivity contribution is 5.42. The smallest absolute Gasteiger partial charge is 0.160 e. The minimum Gasteiger partial charge on any atom is -0.493 e. The molecular weight excluding hydrogens is 254 g/mol. The number of hydrogen-bond donors (Lipinski definition) is 1. The van der Waals surface area contributed by atoms with Crippen molar-refractivity contribution in [3.8, 4) is 11.5 Å². The molecule has 106 valence electrons. The highest BCUT2D eigenvalue weighted by Crippen LogP contribution is 2.27. The highest BCUT2D eigenvalue weighted by atomic mass is 16.5. The van der Waals surface area contributed by atoms with Crippen LogP contribution in [-0.2, 0) is 13.0 Å². The topological polar surface area (TPSA) is 56.3 Å². The van der Waals surface area contributed by atoms with E-state index < -0.39 is 0 Å². The Morgan fingerprint density at radius 2 is 1.80 bits per heavy atom. The van der Waals surface area contributed by atoms with Crippen LogP contribution in [0.15, 0.2) is 36.7 Å². The molecule has 5 nitrogen and oxygen atoms in total. The second kappa shape index (κ2) is 7.45. The quantitative estimate of drug-likeness (QED) is 0.780. The van der Waals surface area contributed by atoms with Gasteiger partial charge in [0.2, 0.25) is 0 Å². The molecule has 1 N–H and O–H groups in total. The van der Waals surface area contributed by atoms with Crippen LogP contribution in [0.3, 0.4) is 0 Å². The van der Waals surface area contributed by atoms with Crippen molar-refractivity contribution < 1.29 is 9.47 Å². The molecule has 1 aromatic heterocycles. The zero-order valence-corrected chi connectivity index (χ0v) is 11.8. The molecule has 2 aromatic rings. The lowest BCUT2D eigenvalue weighted by Gasteiger charge is -2.09. The summed E-state index contributed by atoms with van der Waals surface area (Å²) in [6.45, 7) is 1.53. The summed E-state index contributed by atoms with van der Waals surface area (Å²) in [5.41, 5.74) is 1.20. The van der Waals surface area contributed by atoms with E-state index in [4.69, 9.17) is 9.47 Å². The van der Waals surface area contributed by atoms with Crippen molar-refractivity contribution in [3.63, 3.8) is 0 Å². The van der Waals surface area contributed by atoms with Crippen molar-refractivity contribution in [1.82, 2.24) is 15.3 Å². The lowest BCUT2D eigenvalue weighted by molar-refractivity contribution is 0.354. The lowest BCUT2D eigenvalue weighted by Crippen LogP contribution is -2.18. The first kappa shape index (κ1) is 14.3. The first-order valence-corrected chi connectivity index (χ1v) is 6.51. The van der Waals surface area contributed by atoms with Crippen LogP contribution in [0.25, 0.3) is 0 Å². The predicted octanol–water partition coefficient (Wildman–Crippen LogP) is 1.83. The Morgan fingerprint density at radius 1 is 1.05 bits per heavy atom. The van der Waals surface area contributed by atoms with Gasteiger partial charge in [-0.3, -0.25) is 0 Å². The minimum absolute atomic E-state index is 0.675. The van der Waals surface area contributed by atoms with Gasteiger partial charge >= 0.3 is 0 Å². The fourth-order valence-corrected chi connectivity index (χ4v) is 1.89. The van der Waals surface area contributed by atoms with Crippen molar-refractivity contribution in [1.29, 1.82) is 0 Å². The van der Waals surface area contributed by atoms with E-state index in [1.807, 2.05) is 24.3 Å². The summed E-state index contributed by atoms with van der Waals surface area (Å²) < 4.78 is 10.5. The van der Waals surface area contributed by atoms with Crippen LogP contribution < -0.4 is 14.8 Å². The second-order valence-corrected chi connectivity index (χ2v) is 4.28. The molecule has 0 saturated carbocycles. The van der Waals surface area contributed by atoms with Crippen LogP contribution in [0, 0.1) is 0 Å². The van der Waals surface area contributed by atoms with E-state index in [-0.39, 0.29) is 0 Å². The number of rotatable bonds is 7. The molecule has 5 heteroatoms. The Morgan fingerprint density at radius 3 is 2.50 bits per heavy atom. The maximum atomic E-state index is 5.29. The van der Waals surface area contributed by atoms with E-state index in [1.54, 1.807) is 26.6 Å². The Hall–Kier alpha value is -2.14. The van der Waals surface area contributed by atoms with Gasteiger partial charge in [-0.15, -0.1) is 0 Å². The molecular formula is C15H19N3O2. The van der Waals surface area contributed by atoms with Crippen LogP contribution in [0.1, 0.15) is 11.4 Å². The molecule has 0 aliphatic carbocycles. The monoisotopic (exact) mass is 273 g/mol. The third kappa shape index (κ3) is 3.93. The van der Waals surface area contributed by atoms with Crippen molar-refractivity contribution in [2.45, 2.75) is 13.0 Å². The summed E-state index contributed by atoms with van der Waals surface area (Å²) in [6, 6.07) is 7.78. The van der Waals surface area contributed by atoms with E-state index in [0.29, 0.717) is 6.54 Å². The van der Waals surface area contributed by atoms with Gasteiger partial charge in [-0.05, 0) is 36.7 Å². The SMILES string of the molecule is COc1ccc(CCNCc2ncccn2)cc1OC. The van der Waals surface area contributed by atoms with Gasteiger partial charge in [-0.2, -0.15) is 0 Å². The number of nitrogens with zero attached hydrogens (tertiary/aromatic N) is 2. The maximum Gasteiger partial charge on any atom is 0.160 e. The third-order valence-corrected chi connectivity index (χ3v) is 2.94. The van der Waals surface area contributed by atoms with Crippen LogP contribution in [0.4, 0.5) is 0 Å². The molecule has 0 atom stereocenters. The number of methoxy groups -OCH3 is 2. The predicted molar refractivity (Wildman–Crippen MR) is 77.0 cm³/mol. The number of benzene rings is 1. The summed E-state index contributed by atoms with van der Waals surface area (Å²) in [5, 5.41) is 3.32. The summed E-state index contributed by atoms with van der Waals surface area (Å²) in [5.74, 6) is 2.32. The number of hydrogen-bond acceptors (Lipinski definition) is 5. The summed E-state index contributed by atoms with van der Waals surface area (Å²) >= 11 is 0. The molecule has 0 fully saturated rings. The summed E-state index contributed by atoms with van der Waals surface area (Å²) in [6.07, 6.45) is 4.41. The molecule has 0 aliphatic heterocycles. The van der Waals surface area contributed by atoms with Crippen molar-refractivity contribution in [2.24, 2.45) is 0 Å². The maximum absolute atomic E-state index is 5.29. The van der Waals surface area contributed by atoms with Crippen LogP contribution in [0.5, 0.6) is 11.5 Å². The molecule has 0 bridgehead atoms. The average Bonchev–Trinajstić information content (AvgIpc) is 2.52. The fourth-order valence-electron chi connectivity index (χ4n) is 1.89. The fraction of sp³-hybridized carbons (Fsp3) is 0.333. The van der Waals surface area contributed by atoms with Crippen molar-refractivity contribution in [2.75, 3.05) is 20.8 Å². The lowest BCUT2D eigenvalue weighted by atomic mass is 10.1. The van der Waals surface area contributed by atoms with Gasteiger partial charge in [0.25, 0.3) is 0 Å². The molecule has 0 aliphatic rings. The average molecular weight is 273 g/mol. The van der Waals surface area contributed by atoms with Gasteiger partial charge in [0.15, 0.2) is 11.5 Å². The van der Waals surface area contributed by atoms with Gasteiger partial charge in [-0.25, -0.2) is 9.97 Å². The molecule has 1 aromatic carbocycles. The molecule has 0 unspecified atom stereocenters. The van der Waals surface area contributed by atoms with Gasteiger partial charge in [0.1, 0.15) is 5.82 Å². The van der Waals surface area contributed by atoms with Crippen LogP contribution >= 0.6 is 0 Å². The van der Waals surface area contributed by atoms with Gasteiger partial charge in [0, 0.05) is 12.4 Å². The Bertz CT molecular complexity index is 532. The normalized spacial score (nSPS) is 10.3. The second-order valence-electron chi connectivity index (χ2n) is 4.28. The molecule has 0 radical (unpaired) electrons. The van der Waals surface area contributed by atoms with Crippen molar-refractivity contribution >= 4 is 0 Å². The largest absolute Gasteiger partial charge is 0.493 e. The Labute approximate surface area is 119 Å². The van der Waals surface area contributed by atoms with E-state index in [9.17, 15) is 0 Å². The first-order valence-electron chi connectivity index (χ1n) is 6.51. The van der Waals surface area contributed by atoms with E-state index >= 15 is 0 Å². The molecule has 20 heavy (non-hydrogen) atoms. The summed E-state index contributed by atoms with van der Waals surface area (Å²) in [7, 11) is 3.28. The van der Waals surface area contributed by atoms with E-state index in [1.165, 1.54) is 5.56 Å². The molecule has 0 saturated heterocycles. The minimum atomic E-state index is 0.675.